The van der Waals surface area contributed by atoms with Gasteiger partial charge in [0, 0.05) is 25.2 Å². The number of aryl methyl sites for hydroxylation is 1. The molecule has 1 heterocycles. The summed E-state index contributed by atoms with van der Waals surface area (Å²) in [5.41, 5.74) is 4.71. The van der Waals surface area contributed by atoms with E-state index >= 15 is 0 Å². The van der Waals surface area contributed by atoms with Gasteiger partial charge in [0.2, 0.25) is 0 Å². The average Bonchev–Trinajstić information content (AvgIpc) is 2.24. The normalized spacial score (nSPS) is 18.0. The monoisotopic (exact) mass is 251 g/mol. The second-order valence-corrected chi connectivity index (χ2v) is 6.33. The molecule has 0 saturated heterocycles. The van der Waals surface area contributed by atoms with Crippen molar-refractivity contribution in [2.45, 2.75) is 33.1 Å². The molecule has 0 bridgehead atoms. The van der Waals surface area contributed by atoms with E-state index in [2.05, 4.69) is 44.0 Å². The summed E-state index contributed by atoms with van der Waals surface area (Å²) in [4.78, 5) is 2.38. The lowest BCUT2D eigenvalue weighted by atomic mass is 9.81. The van der Waals surface area contributed by atoms with Crippen molar-refractivity contribution < 1.29 is 0 Å². The van der Waals surface area contributed by atoms with Crippen LogP contribution in [-0.2, 0) is 12.8 Å². The van der Waals surface area contributed by atoms with Gasteiger partial charge in [0.15, 0.2) is 0 Å². The summed E-state index contributed by atoms with van der Waals surface area (Å²) in [7, 11) is 2.19. The molecule has 0 aromatic heterocycles. The number of hydrogen-bond donors (Lipinski definition) is 0. The molecule has 0 aliphatic carbocycles. The van der Waals surface area contributed by atoms with Gasteiger partial charge in [0.25, 0.3) is 0 Å². The van der Waals surface area contributed by atoms with Gasteiger partial charge in [-0.1, -0.05) is 26.0 Å². The number of fused-ring (bicyclic) bond motifs is 1. The number of benzene rings is 1. The van der Waals surface area contributed by atoms with Crippen LogP contribution in [0.15, 0.2) is 18.2 Å². The minimum absolute atomic E-state index is 0.382. The van der Waals surface area contributed by atoms with Crippen molar-refractivity contribution in [1.82, 2.24) is 0 Å². The second-order valence-electron chi connectivity index (χ2n) is 5.95. The molecule has 1 aromatic carbocycles. The number of alkyl halides is 1. The smallest absolute Gasteiger partial charge is 0.0396 e. The lowest BCUT2D eigenvalue weighted by molar-refractivity contribution is 0.356. The maximum atomic E-state index is 5.76. The standard InChI is InChI=1S/C15H22ClN/c1-15(2)10-13-9-12(5-4-8-16)6-7-14(13)17(3)11-15/h6-7,9H,4-5,8,10-11H2,1-3H3. The van der Waals surface area contributed by atoms with E-state index in [1.54, 1.807) is 0 Å². The molecule has 0 radical (unpaired) electrons. The first-order valence-corrected chi connectivity index (χ1v) is 6.94. The Morgan fingerprint density at radius 2 is 2.12 bits per heavy atom. The van der Waals surface area contributed by atoms with E-state index < -0.39 is 0 Å². The summed E-state index contributed by atoms with van der Waals surface area (Å²) in [5.74, 6) is 0.752. The van der Waals surface area contributed by atoms with Gasteiger partial charge in [-0.15, -0.1) is 11.6 Å². The molecular formula is C15H22ClN. The lowest BCUT2D eigenvalue weighted by Gasteiger charge is -2.39. The molecule has 1 aromatic rings. The molecular weight excluding hydrogens is 230 g/mol. The molecule has 2 rings (SSSR count). The summed E-state index contributed by atoms with van der Waals surface area (Å²) in [5, 5.41) is 0. The third kappa shape index (κ3) is 2.95. The Morgan fingerprint density at radius 1 is 1.35 bits per heavy atom. The summed E-state index contributed by atoms with van der Waals surface area (Å²) >= 11 is 5.76. The van der Waals surface area contributed by atoms with E-state index in [1.165, 1.54) is 23.2 Å². The highest BCUT2D eigenvalue weighted by molar-refractivity contribution is 6.17. The number of halogens is 1. The van der Waals surface area contributed by atoms with E-state index in [-0.39, 0.29) is 0 Å². The fourth-order valence-electron chi connectivity index (χ4n) is 2.88. The maximum absolute atomic E-state index is 5.76. The van der Waals surface area contributed by atoms with Crippen LogP contribution >= 0.6 is 11.6 Å². The molecule has 0 spiro atoms. The molecule has 0 N–H and O–H groups in total. The lowest BCUT2D eigenvalue weighted by Crippen LogP contribution is -2.37. The zero-order valence-corrected chi connectivity index (χ0v) is 11.8. The molecule has 0 fully saturated rings. The van der Waals surface area contributed by atoms with Crippen LogP contribution in [0.3, 0.4) is 0 Å². The maximum Gasteiger partial charge on any atom is 0.0396 e. The van der Waals surface area contributed by atoms with E-state index in [4.69, 9.17) is 11.6 Å². The minimum atomic E-state index is 0.382. The fourth-order valence-corrected chi connectivity index (χ4v) is 3.01. The SMILES string of the molecule is CN1CC(C)(C)Cc2cc(CCCCl)ccc21. The Kier molecular flexibility index (Phi) is 3.67. The molecule has 94 valence electrons. The van der Waals surface area contributed by atoms with Crippen LogP contribution in [0.25, 0.3) is 0 Å². The Morgan fingerprint density at radius 3 is 2.82 bits per heavy atom. The third-order valence-electron chi connectivity index (χ3n) is 3.49. The molecule has 2 heteroatoms. The van der Waals surface area contributed by atoms with Crippen LogP contribution in [0, 0.1) is 5.41 Å². The Bertz CT molecular complexity index is 398. The van der Waals surface area contributed by atoms with Crippen molar-refractivity contribution in [3.8, 4) is 0 Å². The molecule has 0 atom stereocenters. The number of rotatable bonds is 3. The van der Waals surface area contributed by atoms with Gasteiger partial charge in [0.05, 0.1) is 0 Å². The summed E-state index contributed by atoms with van der Waals surface area (Å²) in [6.45, 7) is 5.83. The first-order chi connectivity index (χ1) is 8.02. The Hall–Kier alpha value is -0.690. The number of nitrogens with zero attached hydrogens (tertiary/aromatic N) is 1. The highest BCUT2D eigenvalue weighted by Gasteiger charge is 2.28. The van der Waals surface area contributed by atoms with Gasteiger partial charge in [-0.25, -0.2) is 0 Å². The van der Waals surface area contributed by atoms with Crippen molar-refractivity contribution in [3.63, 3.8) is 0 Å². The quantitative estimate of drug-likeness (QED) is 0.737. The van der Waals surface area contributed by atoms with Crippen molar-refractivity contribution in [1.29, 1.82) is 0 Å². The van der Waals surface area contributed by atoms with E-state index in [0.29, 0.717) is 5.41 Å². The Balaban J connectivity index is 2.25. The third-order valence-corrected chi connectivity index (χ3v) is 3.76. The highest BCUT2D eigenvalue weighted by atomic mass is 35.5. The zero-order valence-electron chi connectivity index (χ0n) is 11.1. The zero-order chi connectivity index (χ0) is 12.5. The van der Waals surface area contributed by atoms with E-state index in [9.17, 15) is 0 Å². The summed E-state index contributed by atoms with van der Waals surface area (Å²) in [6.07, 6.45) is 3.35. The van der Waals surface area contributed by atoms with Gasteiger partial charge in [0.1, 0.15) is 0 Å². The molecule has 0 saturated carbocycles. The van der Waals surface area contributed by atoms with Gasteiger partial charge in [-0.3, -0.25) is 0 Å². The molecule has 17 heavy (non-hydrogen) atoms. The predicted octanol–water partition coefficient (Wildman–Crippen LogP) is 3.88. The van der Waals surface area contributed by atoms with Crippen molar-refractivity contribution >= 4 is 17.3 Å². The number of anilines is 1. The average molecular weight is 252 g/mol. The van der Waals surface area contributed by atoms with Crippen LogP contribution in [0.1, 0.15) is 31.4 Å². The second kappa shape index (κ2) is 4.89. The van der Waals surface area contributed by atoms with Gasteiger partial charge in [-0.2, -0.15) is 0 Å². The first kappa shape index (κ1) is 12.8. The van der Waals surface area contributed by atoms with Crippen LogP contribution < -0.4 is 4.90 Å². The van der Waals surface area contributed by atoms with Crippen LogP contribution in [-0.4, -0.2) is 19.5 Å². The summed E-state index contributed by atoms with van der Waals surface area (Å²) in [6, 6.07) is 6.90. The van der Waals surface area contributed by atoms with Crippen LogP contribution in [0.4, 0.5) is 5.69 Å². The largest absolute Gasteiger partial charge is 0.374 e. The van der Waals surface area contributed by atoms with Gasteiger partial charge in [-0.05, 0) is 41.9 Å². The molecule has 0 unspecified atom stereocenters. The summed E-state index contributed by atoms with van der Waals surface area (Å²) < 4.78 is 0. The molecule has 1 nitrogen and oxygen atoms in total. The topological polar surface area (TPSA) is 3.24 Å². The van der Waals surface area contributed by atoms with Crippen molar-refractivity contribution in [2.24, 2.45) is 5.41 Å². The minimum Gasteiger partial charge on any atom is -0.374 e. The Labute approximate surface area is 110 Å². The van der Waals surface area contributed by atoms with Crippen LogP contribution in [0.2, 0.25) is 0 Å². The van der Waals surface area contributed by atoms with E-state index in [0.717, 1.165) is 25.3 Å². The van der Waals surface area contributed by atoms with Crippen molar-refractivity contribution in [2.75, 3.05) is 24.4 Å². The van der Waals surface area contributed by atoms with Crippen LogP contribution in [0.5, 0.6) is 0 Å². The number of hydrogen-bond acceptors (Lipinski definition) is 1. The first-order valence-electron chi connectivity index (χ1n) is 6.41. The predicted molar refractivity (Wildman–Crippen MR) is 76.2 cm³/mol. The molecule has 1 aliphatic rings. The van der Waals surface area contributed by atoms with Gasteiger partial charge < -0.3 is 4.90 Å². The van der Waals surface area contributed by atoms with Crippen molar-refractivity contribution in [3.05, 3.63) is 29.3 Å². The molecule has 1 aliphatic heterocycles. The molecule has 0 amide bonds. The van der Waals surface area contributed by atoms with E-state index in [1.807, 2.05) is 0 Å². The fraction of sp³-hybridized carbons (Fsp3) is 0.600. The van der Waals surface area contributed by atoms with Gasteiger partial charge >= 0.3 is 0 Å². The highest BCUT2D eigenvalue weighted by Crippen LogP contribution is 2.35.